The van der Waals surface area contributed by atoms with Crippen molar-refractivity contribution in [2.45, 2.75) is 82.5 Å². The number of carbonyl (C=O) groups excluding carboxylic acids is 2. The van der Waals surface area contributed by atoms with Crippen molar-refractivity contribution in [3.8, 4) is 5.75 Å². The highest BCUT2D eigenvalue weighted by Gasteiger charge is 2.44. The summed E-state index contributed by atoms with van der Waals surface area (Å²) in [6.45, 7) is 6.62. The molecular weight excluding hydrogens is 555 g/mol. The SMILES string of the molecule is C=CCOC(=O)CCC/C=C\C[C@@H]1[C@@H](COc2cc(Cl)cc(CCOC(C)=O)c2)[C@H](OC2CCCCO2)C[C@H]1Cl. The summed E-state index contributed by atoms with van der Waals surface area (Å²) >= 11 is 13.2. The van der Waals surface area contributed by atoms with Gasteiger partial charge in [0, 0.05) is 42.7 Å². The molecule has 1 aliphatic carbocycles. The lowest BCUT2D eigenvalue weighted by Gasteiger charge is -2.30. The van der Waals surface area contributed by atoms with Gasteiger partial charge in [-0.3, -0.25) is 9.59 Å². The number of carbonyl (C=O) groups is 2. The highest BCUT2D eigenvalue weighted by atomic mass is 35.5. The molecule has 1 unspecified atom stereocenters. The third-order valence-corrected chi connectivity index (χ3v) is 7.89. The Morgan fingerprint density at radius 2 is 2.00 bits per heavy atom. The lowest BCUT2D eigenvalue weighted by molar-refractivity contribution is -0.197. The van der Waals surface area contributed by atoms with Gasteiger partial charge in [0.05, 0.1) is 19.3 Å². The zero-order chi connectivity index (χ0) is 28.7. The van der Waals surface area contributed by atoms with Crippen molar-refractivity contribution in [2.24, 2.45) is 11.8 Å². The molecule has 1 saturated heterocycles. The predicted octanol–water partition coefficient (Wildman–Crippen LogP) is 6.83. The van der Waals surface area contributed by atoms with Crippen LogP contribution >= 0.6 is 23.2 Å². The van der Waals surface area contributed by atoms with Crippen LogP contribution in [-0.2, 0) is 35.0 Å². The monoisotopic (exact) mass is 596 g/mol. The molecule has 3 rings (SSSR count). The van der Waals surface area contributed by atoms with Gasteiger partial charge >= 0.3 is 11.9 Å². The Labute approximate surface area is 248 Å². The smallest absolute Gasteiger partial charge is 0.306 e. The summed E-state index contributed by atoms with van der Waals surface area (Å²) in [6, 6.07) is 5.57. The van der Waals surface area contributed by atoms with Crippen molar-refractivity contribution < 1.29 is 33.3 Å². The third-order valence-electron chi connectivity index (χ3n) is 7.17. The van der Waals surface area contributed by atoms with Crippen LogP contribution in [0.5, 0.6) is 5.75 Å². The molecule has 0 amide bonds. The third kappa shape index (κ3) is 11.4. The van der Waals surface area contributed by atoms with E-state index < -0.39 is 0 Å². The van der Waals surface area contributed by atoms with Gasteiger partial charge in [-0.1, -0.05) is 36.4 Å². The van der Waals surface area contributed by atoms with Crippen LogP contribution in [0, 0.1) is 11.8 Å². The van der Waals surface area contributed by atoms with E-state index in [0.717, 1.165) is 57.1 Å². The van der Waals surface area contributed by atoms with Crippen LogP contribution in [0.1, 0.15) is 63.9 Å². The topological polar surface area (TPSA) is 80.3 Å². The minimum Gasteiger partial charge on any atom is -0.493 e. The number of halogens is 2. The van der Waals surface area contributed by atoms with Crippen molar-refractivity contribution in [3.63, 3.8) is 0 Å². The summed E-state index contributed by atoms with van der Waals surface area (Å²) in [4.78, 5) is 22.8. The van der Waals surface area contributed by atoms with Gasteiger partial charge in [0.25, 0.3) is 0 Å². The number of hydrogen-bond donors (Lipinski definition) is 0. The van der Waals surface area contributed by atoms with Gasteiger partial charge in [0.15, 0.2) is 6.29 Å². The number of rotatable bonds is 16. The molecule has 222 valence electrons. The summed E-state index contributed by atoms with van der Waals surface area (Å²) in [7, 11) is 0. The largest absolute Gasteiger partial charge is 0.493 e. The van der Waals surface area contributed by atoms with E-state index in [1.165, 1.54) is 6.92 Å². The van der Waals surface area contributed by atoms with Crippen molar-refractivity contribution in [3.05, 3.63) is 53.6 Å². The molecule has 0 N–H and O–H groups in total. The van der Waals surface area contributed by atoms with E-state index in [-0.39, 0.29) is 54.8 Å². The Morgan fingerprint density at radius 1 is 1.15 bits per heavy atom. The molecule has 0 aromatic heterocycles. The summed E-state index contributed by atoms with van der Waals surface area (Å²) in [5, 5.41) is 0.507. The number of ether oxygens (including phenoxy) is 5. The molecular formula is C31H42Cl2O7. The van der Waals surface area contributed by atoms with Gasteiger partial charge in [-0.2, -0.15) is 0 Å². The predicted molar refractivity (Wildman–Crippen MR) is 156 cm³/mol. The quantitative estimate of drug-likeness (QED) is 0.0895. The van der Waals surface area contributed by atoms with E-state index >= 15 is 0 Å². The number of allylic oxidation sites excluding steroid dienone is 2. The number of benzene rings is 1. The maximum atomic E-state index is 11.7. The Bertz CT molecular complexity index is 976. The molecule has 1 saturated carbocycles. The number of esters is 2. The van der Waals surface area contributed by atoms with E-state index in [2.05, 4.69) is 18.7 Å². The second-order valence-electron chi connectivity index (χ2n) is 10.3. The molecule has 9 heteroatoms. The van der Waals surface area contributed by atoms with Gasteiger partial charge in [0.1, 0.15) is 12.4 Å². The van der Waals surface area contributed by atoms with E-state index in [1.807, 2.05) is 12.1 Å². The van der Waals surface area contributed by atoms with Gasteiger partial charge in [0.2, 0.25) is 0 Å². The fraction of sp³-hybridized carbons (Fsp3) is 0.613. The van der Waals surface area contributed by atoms with Crippen LogP contribution in [0.4, 0.5) is 0 Å². The summed E-state index contributed by atoms with van der Waals surface area (Å²) in [6.07, 6.45) is 12.5. The van der Waals surface area contributed by atoms with Gasteiger partial charge in [-0.05, 0) is 74.6 Å². The summed E-state index contributed by atoms with van der Waals surface area (Å²) in [5.74, 6) is 0.368. The molecule has 1 aromatic carbocycles. The Kier molecular flexibility index (Phi) is 14.4. The second-order valence-corrected chi connectivity index (χ2v) is 11.3. The highest BCUT2D eigenvalue weighted by molar-refractivity contribution is 6.30. The average Bonchev–Trinajstić information content (AvgIpc) is 3.21. The first kappa shape index (κ1) is 32.5. The van der Waals surface area contributed by atoms with Crippen LogP contribution in [0.2, 0.25) is 5.02 Å². The van der Waals surface area contributed by atoms with Crippen LogP contribution in [0.15, 0.2) is 43.0 Å². The normalized spacial score (nSPS) is 24.6. The van der Waals surface area contributed by atoms with E-state index in [4.69, 9.17) is 46.9 Å². The molecule has 2 aliphatic rings. The fourth-order valence-corrected chi connectivity index (χ4v) is 5.86. The molecule has 0 spiro atoms. The Hall–Kier alpha value is -2.06. The van der Waals surface area contributed by atoms with Crippen molar-refractivity contribution >= 4 is 35.1 Å². The molecule has 0 bridgehead atoms. The summed E-state index contributed by atoms with van der Waals surface area (Å²) < 4.78 is 28.7. The lowest BCUT2D eigenvalue weighted by atomic mass is 9.91. The first-order valence-corrected chi connectivity index (χ1v) is 15.1. The van der Waals surface area contributed by atoms with E-state index in [9.17, 15) is 9.59 Å². The van der Waals surface area contributed by atoms with Crippen LogP contribution in [0.3, 0.4) is 0 Å². The zero-order valence-corrected chi connectivity index (χ0v) is 24.9. The fourth-order valence-electron chi connectivity index (χ4n) is 5.15. The minimum absolute atomic E-state index is 0.0561. The Balaban J connectivity index is 1.60. The van der Waals surface area contributed by atoms with Gasteiger partial charge < -0.3 is 23.7 Å². The van der Waals surface area contributed by atoms with Gasteiger partial charge in [-0.15, -0.1) is 11.6 Å². The maximum Gasteiger partial charge on any atom is 0.306 e. The van der Waals surface area contributed by atoms with Crippen LogP contribution < -0.4 is 4.74 Å². The standard InChI is InChI=1S/C31H42Cl2O7/c1-3-14-37-30(35)11-7-5-4-6-10-26-27(29(20-28(26)33)40-31-12-8-9-15-38-31)21-39-25-18-23(17-24(32)19-25)13-16-36-22(2)34/h3-4,6,17-19,26-29,31H,1,5,7-16,20-21H2,2H3/b6-4-/t26-,27-,28-,29-,31?/m1/s1. The first-order chi connectivity index (χ1) is 19.4. The number of alkyl halides is 1. The summed E-state index contributed by atoms with van der Waals surface area (Å²) in [5.41, 5.74) is 0.932. The molecule has 2 fully saturated rings. The molecule has 5 atom stereocenters. The molecule has 1 aromatic rings. The lowest BCUT2D eigenvalue weighted by Crippen LogP contribution is -2.34. The number of unbranched alkanes of at least 4 members (excludes halogenated alkanes) is 1. The van der Waals surface area contributed by atoms with Crippen molar-refractivity contribution in [1.29, 1.82) is 0 Å². The van der Waals surface area contributed by atoms with Crippen LogP contribution in [-0.4, -0.2) is 56.1 Å². The number of hydrogen-bond acceptors (Lipinski definition) is 7. The molecule has 1 aliphatic heterocycles. The van der Waals surface area contributed by atoms with Gasteiger partial charge in [-0.25, -0.2) is 0 Å². The zero-order valence-electron chi connectivity index (χ0n) is 23.4. The van der Waals surface area contributed by atoms with Crippen molar-refractivity contribution in [1.82, 2.24) is 0 Å². The second kappa shape index (κ2) is 17.7. The van der Waals surface area contributed by atoms with Crippen LogP contribution in [0.25, 0.3) is 0 Å². The molecule has 1 heterocycles. The average molecular weight is 598 g/mol. The van der Waals surface area contributed by atoms with E-state index in [0.29, 0.717) is 30.2 Å². The van der Waals surface area contributed by atoms with Crippen molar-refractivity contribution in [2.75, 3.05) is 26.4 Å². The molecule has 0 radical (unpaired) electrons. The van der Waals surface area contributed by atoms with E-state index in [1.54, 1.807) is 12.1 Å². The molecule has 40 heavy (non-hydrogen) atoms. The minimum atomic E-state index is -0.311. The molecule has 7 nitrogen and oxygen atoms in total. The highest BCUT2D eigenvalue weighted by Crippen LogP contribution is 2.42. The Morgan fingerprint density at radius 3 is 2.75 bits per heavy atom. The first-order valence-electron chi connectivity index (χ1n) is 14.2. The maximum absolute atomic E-state index is 11.7.